The van der Waals surface area contributed by atoms with E-state index in [0.29, 0.717) is 26.1 Å². The fourth-order valence-electron chi connectivity index (χ4n) is 3.63. The minimum absolute atomic E-state index is 0.0501. The molecule has 2 amide bonds. The number of carbonyl (C=O) groups excluding carboxylic acids is 2. The van der Waals surface area contributed by atoms with Crippen molar-refractivity contribution in [3.8, 4) is 0 Å². The van der Waals surface area contributed by atoms with Gasteiger partial charge in [0.2, 0.25) is 11.8 Å². The molecule has 130 valence electrons. The van der Waals surface area contributed by atoms with Crippen LogP contribution in [-0.4, -0.2) is 46.8 Å². The first kappa shape index (κ1) is 17.0. The standard InChI is InChI=1S/C19H27N3O2/c1-3-13(2)18(23)22-11-15-7-5-4-6-14(15)10-17(22)19(24)21-9-8-16(20)12-21/h4-7,13,16-17H,3,8-12,20H2,1-2H3/t13?,16-,17?/m1/s1. The third kappa shape index (κ3) is 3.18. The van der Waals surface area contributed by atoms with Gasteiger partial charge in [-0.05, 0) is 24.0 Å². The molecule has 0 aliphatic carbocycles. The van der Waals surface area contributed by atoms with Crippen molar-refractivity contribution in [2.24, 2.45) is 11.7 Å². The highest BCUT2D eigenvalue weighted by atomic mass is 16.2. The van der Waals surface area contributed by atoms with E-state index in [1.54, 1.807) is 4.90 Å². The molecule has 2 heterocycles. The van der Waals surface area contributed by atoms with Crippen LogP contribution >= 0.6 is 0 Å². The van der Waals surface area contributed by atoms with Gasteiger partial charge in [-0.25, -0.2) is 0 Å². The molecule has 2 aliphatic rings. The van der Waals surface area contributed by atoms with Gasteiger partial charge in [0.05, 0.1) is 0 Å². The molecule has 2 unspecified atom stereocenters. The second kappa shape index (κ2) is 6.93. The van der Waals surface area contributed by atoms with Crippen molar-refractivity contribution in [2.75, 3.05) is 13.1 Å². The van der Waals surface area contributed by atoms with Crippen molar-refractivity contribution < 1.29 is 9.59 Å². The largest absolute Gasteiger partial charge is 0.339 e. The number of nitrogens with zero attached hydrogens (tertiary/aromatic N) is 2. The molecule has 1 aromatic carbocycles. The number of amides is 2. The van der Waals surface area contributed by atoms with E-state index >= 15 is 0 Å². The molecule has 2 aliphatic heterocycles. The number of fused-ring (bicyclic) bond motifs is 1. The van der Waals surface area contributed by atoms with E-state index in [9.17, 15) is 9.59 Å². The van der Waals surface area contributed by atoms with Crippen LogP contribution in [0.3, 0.4) is 0 Å². The molecule has 0 aromatic heterocycles. The smallest absolute Gasteiger partial charge is 0.245 e. The molecule has 3 atom stereocenters. The summed E-state index contributed by atoms with van der Waals surface area (Å²) < 4.78 is 0. The van der Waals surface area contributed by atoms with Crippen LogP contribution in [0.5, 0.6) is 0 Å². The van der Waals surface area contributed by atoms with Crippen LogP contribution in [0.2, 0.25) is 0 Å². The summed E-state index contributed by atoms with van der Waals surface area (Å²) in [5, 5.41) is 0. The summed E-state index contributed by atoms with van der Waals surface area (Å²) in [6.07, 6.45) is 2.23. The van der Waals surface area contributed by atoms with Gasteiger partial charge >= 0.3 is 0 Å². The molecule has 24 heavy (non-hydrogen) atoms. The van der Waals surface area contributed by atoms with Crippen molar-refractivity contribution in [3.63, 3.8) is 0 Å². The van der Waals surface area contributed by atoms with Crippen LogP contribution in [-0.2, 0) is 22.6 Å². The number of nitrogens with two attached hydrogens (primary N) is 1. The number of hydrogen-bond donors (Lipinski definition) is 1. The molecular weight excluding hydrogens is 302 g/mol. The van der Waals surface area contributed by atoms with Gasteiger partial charge in [-0.2, -0.15) is 0 Å². The quantitative estimate of drug-likeness (QED) is 0.915. The second-order valence-electron chi connectivity index (χ2n) is 7.10. The zero-order valence-corrected chi connectivity index (χ0v) is 14.6. The Hall–Kier alpha value is -1.88. The summed E-state index contributed by atoms with van der Waals surface area (Å²) in [4.78, 5) is 29.5. The molecular formula is C19H27N3O2. The molecule has 1 fully saturated rings. The highest BCUT2D eigenvalue weighted by molar-refractivity contribution is 5.89. The molecule has 3 rings (SSSR count). The van der Waals surface area contributed by atoms with Gasteiger partial charge in [0.1, 0.15) is 6.04 Å². The first-order valence-corrected chi connectivity index (χ1v) is 8.92. The van der Waals surface area contributed by atoms with Gasteiger partial charge in [0, 0.05) is 38.0 Å². The lowest BCUT2D eigenvalue weighted by Gasteiger charge is -2.39. The number of likely N-dealkylation sites (tertiary alicyclic amines) is 1. The molecule has 0 bridgehead atoms. The van der Waals surface area contributed by atoms with Gasteiger partial charge in [-0.1, -0.05) is 38.1 Å². The van der Waals surface area contributed by atoms with E-state index in [1.165, 1.54) is 5.56 Å². The average molecular weight is 329 g/mol. The van der Waals surface area contributed by atoms with Crippen LogP contribution in [0.25, 0.3) is 0 Å². The highest BCUT2D eigenvalue weighted by Gasteiger charge is 2.39. The lowest BCUT2D eigenvalue weighted by atomic mass is 9.91. The summed E-state index contributed by atoms with van der Waals surface area (Å²) >= 11 is 0. The lowest BCUT2D eigenvalue weighted by molar-refractivity contribution is -0.148. The maximum Gasteiger partial charge on any atom is 0.245 e. The zero-order chi connectivity index (χ0) is 17.3. The van der Waals surface area contributed by atoms with E-state index in [2.05, 4.69) is 12.1 Å². The SMILES string of the molecule is CCC(C)C(=O)N1Cc2ccccc2CC1C(=O)N1CC[C@@H](N)C1. The van der Waals surface area contributed by atoms with E-state index < -0.39 is 6.04 Å². The first-order chi connectivity index (χ1) is 11.5. The summed E-state index contributed by atoms with van der Waals surface area (Å²) in [5.74, 6) is 0.0642. The van der Waals surface area contributed by atoms with Crippen molar-refractivity contribution in [1.82, 2.24) is 9.80 Å². The summed E-state index contributed by atoms with van der Waals surface area (Å²) in [5.41, 5.74) is 8.28. The maximum atomic E-state index is 13.1. The van der Waals surface area contributed by atoms with Crippen molar-refractivity contribution in [3.05, 3.63) is 35.4 Å². The highest BCUT2D eigenvalue weighted by Crippen LogP contribution is 2.27. The molecule has 0 spiro atoms. The van der Waals surface area contributed by atoms with Gasteiger partial charge in [0.25, 0.3) is 0 Å². The second-order valence-corrected chi connectivity index (χ2v) is 7.10. The average Bonchev–Trinajstić information content (AvgIpc) is 3.05. The van der Waals surface area contributed by atoms with Crippen LogP contribution < -0.4 is 5.73 Å². The van der Waals surface area contributed by atoms with E-state index in [4.69, 9.17) is 5.73 Å². The molecule has 1 saturated heterocycles. The van der Waals surface area contributed by atoms with Crippen LogP contribution in [0.4, 0.5) is 0 Å². The zero-order valence-electron chi connectivity index (χ0n) is 14.6. The predicted molar refractivity (Wildman–Crippen MR) is 93.1 cm³/mol. The Labute approximate surface area is 143 Å². The minimum atomic E-state index is -0.397. The lowest BCUT2D eigenvalue weighted by Crippen LogP contribution is -2.54. The fourth-order valence-corrected chi connectivity index (χ4v) is 3.63. The molecule has 0 saturated carbocycles. The van der Waals surface area contributed by atoms with Gasteiger partial charge in [-0.15, -0.1) is 0 Å². The maximum absolute atomic E-state index is 13.1. The van der Waals surface area contributed by atoms with Crippen molar-refractivity contribution in [1.29, 1.82) is 0 Å². The van der Waals surface area contributed by atoms with E-state index in [1.807, 2.05) is 30.9 Å². The van der Waals surface area contributed by atoms with Gasteiger partial charge in [-0.3, -0.25) is 9.59 Å². The van der Waals surface area contributed by atoms with Crippen molar-refractivity contribution >= 4 is 11.8 Å². The third-order valence-corrected chi connectivity index (χ3v) is 5.39. The molecule has 5 heteroatoms. The monoisotopic (exact) mass is 329 g/mol. The number of carbonyl (C=O) groups is 2. The Kier molecular flexibility index (Phi) is 4.90. The summed E-state index contributed by atoms with van der Waals surface area (Å²) in [6, 6.07) is 7.77. The fraction of sp³-hybridized carbons (Fsp3) is 0.579. The van der Waals surface area contributed by atoms with E-state index in [-0.39, 0.29) is 23.8 Å². The molecule has 0 radical (unpaired) electrons. The van der Waals surface area contributed by atoms with Crippen molar-refractivity contribution in [2.45, 2.75) is 51.7 Å². The minimum Gasteiger partial charge on any atom is -0.339 e. The van der Waals surface area contributed by atoms with Crippen LogP contribution in [0.1, 0.15) is 37.8 Å². The number of hydrogen-bond acceptors (Lipinski definition) is 3. The number of benzene rings is 1. The topological polar surface area (TPSA) is 66.6 Å². The summed E-state index contributed by atoms with van der Waals surface area (Å²) in [7, 11) is 0. The van der Waals surface area contributed by atoms with Crippen LogP contribution in [0, 0.1) is 5.92 Å². The Morgan fingerprint density at radius 1 is 1.29 bits per heavy atom. The Morgan fingerprint density at radius 3 is 2.62 bits per heavy atom. The molecule has 2 N–H and O–H groups in total. The Morgan fingerprint density at radius 2 is 2.00 bits per heavy atom. The normalized spacial score (nSPS) is 24.6. The van der Waals surface area contributed by atoms with Crippen LogP contribution in [0.15, 0.2) is 24.3 Å². The molecule has 5 nitrogen and oxygen atoms in total. The Balaban J connectivity index is 1.88. The first-order valence-electron chi connectivity index (χ1n) is 8.92. The summed E-state index contributed by atoms with van der Waals surface area (Å²) in [6.45, 7) is 5.77. The third-order valence-electron chi connectivity index (χ3n) is 5.39. The Bertz CT molecular complexity index is 631. The number of rotatable bonds is 3. The van der Waals surface area contributed by atoms with E-state index in [0.717, 1.165) is 18.4 Å². The predicted octanol–water partition coefficient (Wildman–Crippen LogP) is 1.55. The van der Waals surface area contributed by atoms with Gasteiger partial charge in [0.15, 0.2) is 0 Å². The molecule has 1 aromatic rings. The van der Waals surface area contributed by atoms with Gasteiger partial charge < -0.3 is 15.5 Å².